The molecule has 0 aliphatic carbocycles. The average molecular weight is 320 g/mol. The van der Waals surface area contributed by atoms with Crippen LogP contribution in [0.15, 0.2) is 38.6 Å². The summed E-state index contributed by atoms with van der Waals surface area (Å²) in [5.74, 6) is -0.607. The van der Waals surface area contributed by atoms with Crippen molar-refractivity contribution in [1.29, 1.82) is 0 Å². The maximum absolute atomic E-state index is 12.7. The van der Waals surface area contributed by atoms with Crippen molar-refractivity contribution in [3.05, 3.63) is 46.5 Å². The van der Waals surface area contributed by atoms with Crippen molar-refractivity contribution in [3.63, 3.8) is 0 Å². The summed E-state index contributed by atoms with van der Waals surface area (Å²) in [6.45, 7) is 0.627. The molecule has 0 amide bonds. The SMILES string of the molecule is O=c1[nH]c2ccc(S(=O)(=O)N3CCc4nc[nH]c4C3)cc2o1. The molecule has 2 aromatic heterocycles. The van der Waals surface area contributed by atoms with Gasteiger partial charge in [-0.05, 0) is 12.1 Å². The van der Waals surface area contributed by atoms with E-state index >= 15 is 0 Å². The number of nitrogens with one attached hydrogen (secondary N) is 2. The van der Waals surface area contributed by atoms with Crippen LogP contribution in [0.2, 0.25) is 0 Å². The normalized spacial score (nSPS) is 16.0. The Hall–Kier alpha value is -2.39. The fraction of sp³-hybridized carbons (Fsp3) is 0.231. The zero-order valence-electron chi connectivity index (χ0n) is 11.4. The number of hydrogen-bond acceptors (Lipinski definition) is 5. The zero-order chi connectivity index (χ0) is 15.3. The van der Waals surface area contributed by atoms with Crippen LogP contribution in [-0.2, 0) is 23.0 Å². The van der Waals surface area contributed by atoms with Crippen molar-refractivity contribution in [3.8, 4) is 0 Å². The van der Waals surface area contributed by atoms with Crippen LogP contribution in [0.1, 0.15) is 11.4 Å². The lowest BCUT2D eigenvalue weighted by Gasteiger charge is -2.25. The van der Waals surface area contributed by atoms with Crippen LogP contribution >= 0.6 is 0 Å². The van der Waals surface area contributed by atoms with Crippen LogP contribution in [0, 0.1) is 0 Å². The molecule has 22 heavy (non-hydrogen) atoms. The highest BCUT2D eigenvalue weighted by molar-refractivity contribution is 7.89. The topological polar surface area (TPSA) is 112 Å². The van der Waals surface area contributed by atoms with E-state index in [0.717, 1.165) is 11.4 Å². The first-order chi connectivity index (χ1) is 10.5. The maximum Gasteiger partial charge on any atom is 0.417 e. The smallest absolute Gasteiger partial charge is 0.408 e. The van der Waals surface area contributed by atoms with Crippen LogP contribution in [0.5, 0.6) is 0 Å². The minimum Gasteiger partial charge on any atom is -0.408 e. The van der Waals surface area contributed by atoms with Gasteiger partial charge in [-0.1, -0.05) is 0 Å². The molecule has 0 unspecified atom stereocenters. The Kier molecular flexibility index (Phi) is 2.75. The van der Waals surface area contributed by atoms with Gasteiger partial charge in [0.15, 0.2) is 5.58 Å². The molecule has 1 aliphatic heterocycles. The van der Waals surface area contributed by atoms with Crippen molar-refractivity contribution in [2.75, 3.05) is 6.54 Å². The number of fused-ring (bicyclic) bond motifs is 2. The third-order valence-electron chi connectivity index (χ3n) is 3.77. The molecule has 9 heteroatoms. The van der Waals surface area contributed by atoms with E-state index in [4.69, 9.17) is 4.42 Å². The van der Waals surface area contributed by atoms with Crippen LogP contribution < -0.4 is 5.76 Å². The van der Waals surface area contributed by atoms with Crippen molar-refractivity contribution < 1.29 is 12.8 Å². The molecule has 114 valence electrons. The molecule has 4 rings (SSSR count). The number of oxazole rings is 1. The van der Waals surface area contributed by atoms with Gasteiger partial charge in [-0.2, -0.15) is 4.31 Å². The number of H-pyrrole nitrogens is 2. The molecule has 8 nitrogen and oxygen atoms in total. The zero-order valence-corrected chi connectivity index (χ0v) is 12.2. The Balaban J connectivity index is 1.74. The fourth-order valence-corrected chi connectivity index (χ4v) is 4.05. The van der Waals surface area contributed by atoms with E-state index in [0.29, 0.717) is 18.5 Å². The minimum absolute atomic E-state index is 0.103. The minimum atomic E-state index is -3.66. The Morgan fingerprint density at radius 3 is 3.05 bits per heavy atom. The quantitative estimate of drug-likeness (QED) is 0.718. The van der Waals surface area contributed by atoms with Crippen LogP contribution in [0.25, 0.3) is 11.1 Å². The van der Waals surface area contributed by atoms with Gasteiger partial charge in [-0.15, -0.1) is 0 Å². The molecule has 2 N–H and O–H groups in total. The molecule has 3 heterocycles. The highest BCUT2D eigenvalue weighted by Crippen LogP contribution is 2.24. The summed E-state index contributed by atoms with van der Waals surface area (Å²) < 4.78 is 31.8. The molecule has 0 fully saturated rings. The molecule has 0 bridgehead atoms. The average Bonchev–Trinajstić information content (AvgIpc) is 3.09. The molecular weight excluding hydrogens is 308 g/mol. The second-order valence-corrected chi connectivity index (χ2v) is 7.03. The lowest BCUT2D eigenvalue weighted by molar-refractivity contribution is 0.385. The van der Waals surface area contributed by atoms with Gasteiger partial charge in [0.25, 0.3) is 0 Å². The standard InChI is InChI=1S/C13H12N4O4S/c18-13-16-10-2-1-8(5-12(10)21-13)22(19,20)17-4-3-9-11(6-17)15-7-14-9/h1-2,5,7H,3-4,6H2,(H,14,15)(H,16,18). The molecule has 0 saturated heterocycles. The Bertz CT molecular complexity index is 1010. The van der Waals surface area contributed by atoms with Gasteiger partial charge in [0.05, 0.1) is 34.7 Å². The highest BCUT2D eigenvalue weighted by Gasteiger charge is 2.29. The molecular formula is C13H12N4O4S. The highest BCUT2D eigenvalue weighted by atomic mass is 32.2. The van der Waals surface area contributed by atoms with Crippen molar-refractivity contribution >= 4 is 21.1 Å². The second-order valence-electron chi connectivity index (χ2n) is 5.09. The number of benzene rings is 1. The monoisotopic (exact) mass is 320 g/mol. The molecule has 0 atom stereocenters. The summed E-state index contributed by atoms with van der Waals surface area (Å²) in [6.07, 6.45) is 2.14. The van der Waals surface area contributed by atoms with Gasteiger partial charge in [-0.3, -0.25) is 4.98 Å². The Morgan fingerprint density at radius 1 is 1.32 bits per heavy atom. The van der Waals surface area contributed by atoms with E-state index in [1.54, 1.807) is 6.33 Å². The van der Waals surface area contributed by atoms with E-state index in [-0.39, 0.29) is 17.0 Å². The fourth-order valence-electron chi connectivity index (χ4n) is 2.63. The van der Waals surface area contributed by atoms with Gasteiger partial charge in [0.1, 0.15) is 0 Å². The molecule has 1 aliphatic rings. The van der Waals surface area contributed by atoms with Crippen LogP contribution in [0.3, 0.4) is 0 Å². The molecule has 3 aromatic rings. The maximum atomic E-state index is 12.7. The van der Waals surface area contributed by atoms with E-state index < -0.39 is 15.8 Å². The first-order valence-electron chi connectivity index (χ1n) is 6.68. The summed E-state index contributed by atoms with van der Waals surface area (Å²) in [5.41, 5.74) is 2.41. The van der Waals surface area contributed by atoms with Crippen LogP contribution in [-0.4, -0.2) is 34.2 Å². The Morgan fingerprint density at radius 2 is 2.18 bits per heavy atom. The summed E-state index contributed by atoms with van der Waals surface area (Å²) >= 11 is 0. The molecule has 1 aromatic carbocycles. The van der Waals surface area contributed by atoms with Gasteiger partial charge in [0.2, 0.25) is 10.0 Å². The van der Waals surface area contributed by atoms with Crippen molar-refractivity contribution in [2.24, 2.45) is 0 Å². The van der Waals surface area contributed by atoms with Crippen molar-refractivity contribution in [2.45, 2.75) is 17.9 Å². The second kappa shape index (κ2) is 4.55. The summed E-state index contributed by atoms with van der Waals surface area (Å²) in [6, 6.07) is 4.36. The third kappa shape index (κ3) is 1.97. The first kappa shape index (κ1) is 13.3. The van der Waals surface area contributed by atoms with Gasteiger partial charge >= 0.3 is 5.76 Å². The number of rotatable bonds is 2. The lowest BCUT2D eigenvalue weighted by atomic mass is 10.2. The van der Waals surface area contributed by atoms with Crippen LogP contribution in [0.4, 0.5) is 0 Å². The summed E-state index contributed by atoms with van der Waals surface area (Å²) in [7, 11) is -3.66. The number of hydrogen-bond donors (Lipinski definition) is 2. The number of nitrogens with zero attached hydrogens (tertiary/aromatic N) is 2. The predicted molar refractivity (Wildman–Crippen MR) is 76.7 cm³/mol. The number of sulfonamides is 1. The van der Waals surface area contributed by atoms with Gasteiger partial charge in [0, 0.05) is 19.0 Å². The van der Waals surface area contributed by atoms with E-state index in [2.05, 4.69) is 15.0 Å². The summed E-state index contributed by atoms with van der Waals surface area (Å²) in [5, 5.41) is 0. The largest absolute Gasteiger partial charge is 0.417 e. The van der Waals surface area contributed by atoms with Crippen molar-refractivity contribution in [1.82, 2.24) is 19.3 Å². The van der Waals surface area contributed by atoms with E-state index in [9.17, 15) is 13.2 Å². The van der Waals surface area contributed by atoms with E-state index in [1.807, 2.05) is 0 Å². The molecule has 0 spiro atoms. The predicted octanol–water partition coefficient (Wildman–Crippen LogP) is 0.591. The third-order valence-corrected chi connectivity index (χ3v) is 5.61. The summed E-state index contributed by atoms with van der Waals surface area (Å²) in [4.78, 5) is 20.9. The van der Waals surface area contributed by atoms with E-state index in [1.165, 1.54) is 22.5 Å². The Labute approximate surface area is 124 Å². The van der Waals surface area contributed by atoms with Gasteiger partial charge in [-0.25, -0.2) is 18.2 Å². The first-order valence-corrected chi connectivity index (χ1v) is 8.12. The van der Waals surface area contributed by atoms with Gasteiger partial charge < -0.3 is 9.40 Å². The molecule has 0 saturated carbocycles. The molecule has 0 radical (unpaired) electrons. The number of imidazole rings is 1. The lowest BCUT2D eigenvalue weighted by Crippen LogP contribution is -2.36. The number of aromatic amines is 2. The number of aromatic nitrogens is 3.